The number of alkyl halides is 3. The summed E-state index contributed by atoms with van der Waals surface area (Å²) in [6.07, 6.45) is -4.54. The van der Waals surface area contributed by atoms with E-state index in [1.807, 2.05) is 0 Å². The smallest absolute Gasteiger partial charge is 0.361 e. The molecule has 3 aromatic rings. The Balaban J connectivity index is 1.67. The largest absolute Gasteiger partial charge is 0.416 e. The number of rotatable bonds is 5. The fourth-order valence-electron chi connectivity index (χ4n) is 3.79. The van der Waals surface area contributed by atoms with Crippen LogP contribution in [0.3, 0.4) is 0 Å². The van der Waals surface area contributed by atoms with Crippen LogP contribution in [0, 0.1) is 11.6 Å². The zero-order valence-corrected chi connectivity index (χ0v) is 18.0. The summed E-state index contributed by atoms with van der Waals surface area (Å²) in [4.78, 5) is 25.7. The standard InChI is InChI=1S/C22H18F5N5O3/c1-32-9-8-15(31-32)21(19(34)29-20(35)30-21)10-28-18(33)13-6-7-14(23)17(24)16(13)11-2-4-12(5-3-11)22(25,26)27/h2-9,20,30,35H,10H2,1H3,(H,28,33)(H,29,34). The summed E-state index contributed by atoms with van der Waals surface area (Å²) in [5, 5.41) is 21.3. The number of carbonyl (C=O) groups excluding carboxylic acids is 2. The van der Waals surface area contributed by atoms with Crippen LogP contribution in [0.2, 0.25) is 0 Å². The molecular weight excluding hydrogens is 477 g/mol. The summed E-state index contributed by atoms with van der Waals surface area (Å²) in [7, 11) is 1.59. The first-order valence-electron chi connectivity index (χ1n) is 10.1. The highest BCUT2D eigenvalue weighted by Crippen LogP contribution is 2.34. The van der Waals surface area contributed by atoms with Crippen LogP contribution < -0.4 is 16.0 Å². The van der Waals surface area contributed by atoms with Crippen LogP contribution in [0.4, 0.5) is 22.0 Å². The number of aliphatic hydroxyl groups is 1. The van der Waals surface area contributed by atoms with Gasteiger partial charge >= 0.3 is 6.18 Å². The van der Waals surface area contributed by atoms with Crippen molar-refractivity contribution in [3.8, 4) is 11.1 Å². The second-order valence-electron chi connectivity index (χ2n) is 7.84. The van der Waals surface area contributed by atoms with Gasteiger partial charge in [0.15, 0.2) is 23.5 Å². The number of aromatic nitrogens is 2. The minimum atomic E-state index is -4.64. The Hall–Kier alpha value is -3.84. The monoisotopic (exact) mass is 495 g/mol. The highest BCUT2D eigenvalue weighted by Gasteiger charge is 2.49. The van der Waals surface area contributed by atoms with Crippen molar-refractivity contribution in [2.75, 3.05) is 6.54 Å². The van der Waals surface area contributed by atoms with E-state index in [0.29, 0.717) is 18.2 Å². The predicted molar refractivity (Wildman–Crippen MR) is 111 cm³/mol. The minimum absolute atomic E-state index is 0.160. The van der Waals surface area contributed by atoms with Crippen LogP contribution >= 0.6 is 0 Å². The second kappa shape index (κ2) is 8.74. The van der Waals surface area contributed by atoms with Gasteiger partial charge in [-0.25, -0.2) is 8.78 Å². The summed E-state index contributed by atoms with van der Waals surface area (Å²) in [5.41, 5.74) is -3.60. The van der Waals surface area contributed by atoms with Crippen molar-refractivity contribution in [2.24, 2.45) is 7.05 Å². The molecule has 2 aromatic carbocycles. The quantitative estimate of drug-likeness (QED) is 0.405. The van der Waals surface area contributed by atoms with Crippen molar-refractivity contribution >= 4 is 11.8 Å². The van der Waals surface area contributed by atoms with Gasteiger partial charge in [-0.05, 0) is 35.9 Å². The molecule has 13 heteroatoms. The topological polar surface area (TPSA) is 108 Å². The molecule has 1 aromatic heterocycles. The van der Waals surface area contributed by atoms with Crippen molar-refractivity contribution in [3.63, 3.8) is 0 Å². The molecular formula is C22H18F5N5O3. The van der Waals surface area contributed by atoms with Crippen molar-refractivity contribution in [1.82, 2.24) is 25.7 Å². The normalized spacial score (nSPS) is 20.1. The van der Waals surface area contributed by atoms with Crippen LogP contribution in [0.15, 0.2) is 48.7 Å². The Bertz CT molecular complexity index is 1290. The molecule has 4 rings (SSSR count). The number of aryl methyl sites for hydroxylation is 1. The van der Waals surface area contributed by atoms with Gasteiger partial charge in [-0.1, -0.05) is 12.1 Å². The van der Waals surface area contributed by atoms with Crippen LogP contribution in [0.25, 0.3) is 11.1 Å². The Kier molecular flexibility index (Phi) is 6.07. The van der Waals surface area contributed by atoms with E-state index >= 15 is 0 Å². The van der Waals surface area contributed by atoms with Gasteiger partial charge in [0.25, 0.3) is 11.8 Å². The number of hydrogen-bond donors (Lipinski definition) is 4. The molecule has 35 heavy (non-hydrogen) atoms. The molecule has 1 aliphatic heterocycles. The first-order chi connectivity index (χ1) is 16.4. The van der Waals surface area contributed by atoms with Crippen molar-refractivity contribution in [1.29, 1.82) is 0 Å². The lowest BCUT2D eigenvalue weighted by Gasteiger charge is -2.25. The van der Waals surface area contributed by atoms with Gasteiger partial charge in [0.1, 0.15) is 0 Å². The SMILES string of the molecule is Cn1ccc(C2(CNC(=O)c3ccc(F)c(F)c3-c3ccc(C(F)(F)F)cc3)NC(O)NC2=O)n1. The van der Waals surface area contributed by atoms with E-state index in [-0.39, 0.29) is 16.8 Å². The summed E-state index contributed by atoms with van der Waals surface area (Å²) >= 11 is 0. The van der Waals surface area contributed by atoms with Gasteiger partial charge in [-0.3, -0.25) is 19.6 Å². The number of nitrogens with one attached hydrogen (secondary N) is 3. The van der Waals surface area contributed by atoms with E-state index in [9.17, 15) is 36.6 Å². The van der Waals surface area contributed by atoms with E-state index in [0.717, 1.165) is 18.2 Å². The molecule has 1 fully saturated rings. The molecule has 2 amide bonds. The number of hydrogen-bond acceptors (Lipinski definition) is 5. The van der Waals surface area contributed by atoms with E-state index < -0.39 is 59.2 Å². The molecule has 2 atom stereocenters. The maximum Gasteiger partial charge on any atom is 0.416 e. The Morgan fingerprint density at radius 3 is 2.40 bits per heavy atom. The molecule has 2 heterocycles. The lowest BCUT2D eigenvalue weighted by atomic mass is 9.94. The average Bonchev–Trinajstić information content (AvgIpc) is 3.36. The van der Waals surface area contributed by atoms with Gasteiger partial charge in [0.05, 0.1) is 23.4 Å². The third-order valence-electron chi connectivity index (χ3n) is 5.54. The maximum absolute atomic E-state index is 14.7. The number of halogens is 5. The fraction of sp³-hybridized carbons (Fsp3) is 0.227. The van der Waals surface area contributed by atoms with Crippen LogP contribution in [-0.4, -0.2) is 39.6 Å². The zero-order valence-electron chi connectivity index (χ0n) is 18.0. The molecule has 0 saturated carbocycles. The first kappa shape index (κ1) is 24.3. The third kappa shape index (κ3) is 4.47. The molecule has 1 aliphatic rings. The maximum atomic E-state index is 14.7. The summed E-state index contributed by atoms with van der Waals surface area (Å²) in [5.74, 6) is -4.37. The zero-order chi connectivity index (χ0) is 25.5. The Morgan fingerprint density at radius 1 is 1.17 bits per heavy atom. The third-order valence-corrected chi connectivity index (χ3v) is 5.54. The van der Waals surface area contributed by atoms with Gasteiger partial charge in [0, 0.05) is 18.8 Å². The van der Waals surface area contributed by atoms with E-state index in [1.54, 1.807) is 7.05 Å². The fourth-order valence-corrected chi connectivity index (χ4v) is 3.79. The average molecular weight is 495 g/mol. The number of carbonyl (C=O) groups is 2. The summed E-state index contributed by atoms with van der Waals surface area (Å²) in [6.45, 7) is -0.447. The summed E-state index contributed by atoms with van der Waals surface area (Å²) < 4.78 is 68.8. The van der Waals surface area contributed by atoms with Crippen molar-refractivity contribution in [2.45, 2.75) is 18.1 Å². The molecule has 0 spiro atoms. The summed E-state index contributed by atoms with van der Waals surface area (Å²) in [6, 6.07) is 6.39. The second-order valence-corrected chi connectivity index (χ2v) is 7.84. The van der Waals surface area contributed by atoms with Crippen LogP contribution in [-0.2, 0) is 23.6 Å². The highest BCUT2D eigenvalue weighted by atomic mass is 19.4. The van der Waals surface area contributed by atoms with Crippen LogP contribution in [0.1, 0.15) is 21.6 Å². The minimum Gasteiger partial charge on any atom is -0.361 e. The Labute approximate surface area is 194 Å². The molecule has 2 unspecified atom stereocenters. The molecule has 1 saturated heterocycles. The predicted octanol–water partition coefficient (Wildman–Crippen LogP) is 2.00. The number of aliphatic hydroxyl groups excluding tert-OH is 1. The lowest BCUT2D eigenvalue weighted by Crippen LogP contribution is -2.53. The number of benzene rings is 2. The van der Waals surface area contributed by atoms with E-state index in [1.165, 1.54) is 16.9 Å². The molecule has 8 nitrogen and oxygen atoms in total. The molecule has 0 radical (unpaired) electrons. The van der Waals surface area contributed by atoms with Gasteiger partial charge in [0.2, 0.25) is 0 Å². The van der Waals surface area contributed by atoms with Crippen LogP contribution in [0.5, 0.6) is 0 Å². The molecule has 0 aliphatic carbocycles. The molecule has 184 valence electrons. The molecule has 4 N–H and O–H groups in total. The number of amides is 2. The van der Waals surface area contributed by atoms with Gasteiger partial charge in [-0.2, -0.15) is 18.3 Å². The van der Waals surface area contributed by atoms with Crippen molar-refractivity contribution in [3.05, 3.63) is 77.1 Å². The van der Waals surface area contributed by atoms with E-state index in [4.69, 9.17) is 0 Å². The molecule has 0 bridgehead atoms. The van der Waals surface area contributed by atoms with Gasteiger partial charge in [-0.15, -0.1) is 0 Å². The van der Waals surface area contributed by atoms with Crippen molar-refractivity contribution < 1.29 is 36.6 Å². The number of nitrogens with zero attached hydrogens (tertiary/aromatic N) is 2. The Morgan fingerprint density at radius 2 is 1.86 bits per heavy atom. The van der Waals surface area contributed by atoms with E-state index in [2.05, 4.69) is 21.0 Å². The first-order valence-corrected chi connectivity index (χ1v) is 10.1. The lowest BCUT2D eigenvalue weighted by molar-refractivity contribution is -0.137. The van der Waals surface area contributed by atoms with Gasteiger partial charge < -0.3 is 15.7 Å². The highest BCUT2D eigenvalue weighted by molar-refractivity contribution is 6.01.